The number of ether oxygens (including phenoxy) is 1. The van der Waals surface area contributed by atoms with E-state index in [-0.39, 0.29) is 7.43 Å². The van der Waals surface area contributed by atoms with E-state index in [9.17, 15) is 0 Å². The second-order valence-electron chi connectivity index (χ2n) is 13.0. The van der Waals surface area contributed by atoms with Crippen molar-refractivity contribution in [1.82, 2.24) is 0 Å². The zero-order chi connectivity index (χ0) is 22.4. The first kappa shape index (κ1) is 24.3. The van der Waals surface area contributed by atoms with Gasteiger partial charge in [-0.25, -0.2) is 0 Å². The molecule has 1 heteroatoms. The summed E-state index contributed by atoms with van der Waals surface area (Å²) in [5, 5.41) is 0. The van der Waals surface area contributed by atoms with E-state index in [2.05, 4.69) is 60.6 Å². The van der Waals surface area contributed by atoms with E-state index in [1.807, 2.05) is 7.11 Å². The summed E-state index contributed by atoms with van der Waals surface area (Å²) in [7, 11) is 1.96. The van der Waals surface area contributed by atoms with Gasteiger partial charge in [0.25, 0.3) is 0 Å². The summed E-state index contributed by atoms with van der Waals surface area (Å²) >= 11 is 0. The third-order valence-electron chi connectivity index (χ3n) is 12.1. The van der Waals surface area contributed by atoms with Gasteiger partial charge >= 0.3 is 0 Å². The Morgan fingerprint density at radius 3 is 2.09 bits per heavy atom. The highest BCUT2D eigenvalue weighted by molar-refractivity contribution is 5.50. The van der Waals surface area contributed by atoms with Crippen molar-refractivity contribution in [3.05, 3.63) is 34.4 Å². The minimum absolute atomic E-state index is 0. The average Bonchev–Trinajstić information content (AvgIpc) is 3.06. The number of aryl methyl sites for hydroxylation is 2. The van der Waals surface area contributed by atoms with E-state index in [0.29, 0.717) is 27.8 Å². The van der Waals surface area contributed by atoms with Gasteiger partial charge in [0, 0.05) is 7.11 Å². The Bertz CT molecular complexity index is 887. The monoisotopic (exact) mass is 438 g/mol. The van der Waals surface area contributed by atoms with Crippen LogP contribution in [0.5, 0.6) is 0 Å². The molecule has 0 aromatic heterocycles. The molecule has 180 valence electrons. The normalized spacial score (nSPS) is 47.0. The first-order chi connectivity index (χ1) is 14.6. The van der Waals surface area contributed by atoms with Crippen molar-refractivity contribution in [2.24, 2.45) is 34.0 Å². The molecule has 1 aromatic rings. The summed E-state index contributed by atoms with van der Waals surface area (Å²) in [5.41, 5.74) is 8.17. The first-order valence-corrected chi connectivity index (χ1v) is 13.2. The molecular weight excluding hydrogens is 388 g/mol. The summed E-state index contributed by atoms with van der Waals surface area (Å²) < 4.78 is 6.11. The molecule has 8 atom stereocenters. The van der Waals surface area contributed by atoms with Crippen LogP contribution in [0.4, 0.5) is 0 Å². The van der Waals surface area contributed by atoms with Gasteiger partial charge in [-0.05, 0) is 127 Å². The lowest BCUT2D eigenvalue weighted by molar-refractivity contribution is -0.211. The van der Waals surface area contributed by atoms with Crippen LogP contribution in [0.1, 0.15) is 109 Å². The lowest BCUT2D eigenvalue weighted by Gasteiger charge is -2.69. The Balaban J connectivity index is 0.00000245. The Hall–Kier alpha value is -0.820. The van der Waals surface area contributed by atoms with E-state index in [4.69, 9.17) is 4.74 Å². The molecule has 5 rings (SSSR count). The van der Waals surface area contributed by atoms with Gasteiger partial charge in [0.1, 0.15) is 0 Å². The fourth-order valence-corrected chi connectivity index (χ4v) is 10.6. The molecule has 32 heavy (non-hydrogen) atoms. The number of fused-ring (bicyclic) bond motifs is 7. The van der Waals surface area contributed by atoms with Crippen LogP contribution in [-0.4, -0.2) is 13.2 Å². The second-order valence-corrected chi connectivity index (χ2v) is 13.0. The van der Waals surface area contributed by atoms with E-state index in [0.717, 1.165) is 17.8 Å². The number of benzene rings is 1. The standard InChI is InChI=1S/C30H46O.CH4/c1-9-27(4)22-12-15-29(6)23(28(22,5)17-14-25(27)31-8)13-16-30(7)24(29)18-21-19(2)10-11-20(3)26(21)30;/h10-11,22-25H,9,12-18H2,1-8H3;1H4/t22?,23?,24?,25?,27-,28-,29+,30-;/m0./s1. The Morgan fingerprint density at radius 2 is 1.44 bits per heavy atom. The SMILES string of the molecule is C.CC[C@]1(C)C(OC)CC[C@@]2(C)C1CC[C@]1(C)C2CC[C@]2(C)c3c(C)ccc(C)c3CC12. The van der Waals surface area contributed by atoms with Crippen LogP contribution in [0.3, 0.4) is 0 Å². The van der Waals surface area contributed by atoms with Gasteiger partial charge in [-0.2, -0.15) is 0 Å². The average molecular weight is 439 g/mol. The molecule has 4 aliphatic rings. The van der Waals surface area contributed by atoms with Crippen molar-refractivity contribution >= 4 is 0 Å². The van der Waals surface area contributed by atoms with Gasteiger partial charge in [-0.1, -0.05) is 54.2 Å². The van der Waals surface area contributed by atoms with Gasteiger partial charge in [-0.15, -0.1) is 0 Å². The number of rotatable bonds is 2. The van der Waals surface area contributed by atoms with E-state index in [1.165, 1.54) is 56.9 Å². The molecule has 4 aliphatic carbocycles. The number of hydrogen-bond donors (Lipinski definition) is 0. The van der Waals surface area contributed by atoms with E-state index in [1.54, 1.807) is 16.7 Å². The number of methoxy groups -OCH3 is 1. The maximum absolute atomic E-state index is 6.11. The van der Waals surface area contributed by atoms with Gasteiger partial charge in [0.05, 0.1) is 6.10 Å². The van der Waals surface area contributed by atoms with Crippen molar-refractivity contribution < 1.29 is 4.74 Å². The topological polar surface area (TPSA) is 9.23 Å². The number of hydrogen-bond acceptors (Lipinski definition) is 1. The second kappa shape index (κ2) is 7.59. The summed E-state index contributed by atoms with van der Waals surface area (Å²) in [5.74, 6) is 2.47. The van der Waals surface area contributed by atoms with Crippen LogP contribution in [-0.2, 0) is 16.6 Å². The van der Waals surface area contributed by atoms with Gasteiger partial charge in [0.2, 0.25) is 0 Å². The van der Waals surface area contributed by atoms with Crippen LogP contribution in [0.15, 0.2) is 12.1 Å². The molecule has 3 fully saturated rings. The van der Waals surface area contributed by atoms with Crippen LogP contribution in [0.25, 0.3) is 0 Å². The molecule has 4 unspecified atom stereocenters. The van der Waals surface area contributed by atoms with Gasteiger partial charge in [-0.3, -0.25) is 0 Å². The maximum Gasteiger partial charge on any atom is 0.0627 e. The van der Waals surface area contributed by atoms with Crippen molar-refractivity contribution in [3.63, 3.8) is 0 Å². The third kappa shape index (κ3) is 2.79. The minimum atomic E-state index is 0. The lowest BCUT2D eigenvalue weighted by atomic mass is 9.36. The fourth-order valence-electron chi connectivity index (χ4n) is 10.6. The molecule has 0 spiro atoms. The molecule has 0 radical (unpaired) electrons. The highest BCUT2D eigenvalue weighted by atomic mass is 16.5. The molecule has 0 bridgehead atoms. The van der Waals surface area contributed by atoms with Crippen LogP contribution in [0, 0.1) is 47.8 Å². The molecule has 0 aliphatic heterocycles. The molecule has 0 N–H and O–H groups in total. The van der Waals surface area contributed by atoms with Crippen LogP contribution in [0.2, 0.25) is 0 Å². The maximum atomic E-state index is 6.11. The molecular formula is C31H50O. The molecule has 0 amide bonds. The van der Waals surface area contributed by atoms with Gasteiger partial charge in [0.15, 0.2) is 0 Å². The van der Waals surface area contributed by atoms with Crippen molar-refractivity contribution in [3.8, 4) is 0 Å². The van der Waals surface area contributed by atoms with E-state index < -0.39 is 0 Å². The molecule has 1 aromatic carbocycles. The van der Waals surface area contributed by atoms with Crippen LogP contribution < -0.4 is 0 Å². The first-order valence-electron chi connectivity index (χ1n) is 13.2. The minimum Gasteiger partial charge on any atom is -0.381 e. The summed E-state index contributed by atoms with van der Waals surface area (Å²) in [6.45, 7) is 17.8. The summed E-state index contributed by atoms with van der Waals surface area (Å²) in [6.07, 6.45) is 11.2. The summed E-state index contributed by atoms with van der Waals surface area (Å²) in [6, 6.07) is 4.78. The zero-order valence-electron chi connectivity index (χ0n) is 21.5. The Morgan fingerprint density at radius 1 is 0.844 bits per heavy atom. The van der Waals surface area contributed by atoms with Gasteiger partial charge < -0.3 is 4.74 Å². The van der Waals surface area contributed by atoms with Crippen LogP contribution >= 0.6 is 0 Å². The molecule has 1 nitrogen and oxygen atoms in total. The predicted molar refractivity (Wildman–Crippen MR) is 137 cm³/mol. The smallest absolute Gasteiger partial charge is 0.0627 e. The molecule has 0 saturated heterocycles. The quantitative estimate of drug-likeness (QED) is 0.450. The Labute approximate surface area is 199 Å². The van der Waals surface area contributed by atoms with Crippen molar-refractivity contribution in [2.45, 2.75) is 119 Å². The lowest BCUT2D eigenvalue weighted by Crippen LogP contribution is -2.63. The third-order valence-corrected chi connectivity index (χ3v) is 12.1. The van der Waals surface area contributed by atoms with Crippen molar-refractivity contribution in [1.29, 1.82) is 0 Å². The summed E-state index contributed by atoms with van der Waals surface area (Å²) in [4.78, 5) is 0. The molecule has 3 saturated carbocycles. The predicted octanol–water partition coefficient (Wildman–Crippen LogP) is 8.43. The van der Waals surface area contributed by atoms with Crippen molar-refractivity contribution in [2.75, 3.05) is 7.11 Å². The zero-order valence-corrected chi connectivity index (χ0v) is 21.5. The molecule has 0 heterocycles. The highest BCUT2D eigenvalue weighted by Gasteiger charge is 2.67. The van der Waals surface area contributed by atoms with E-state index >= 15 is 0 Å². The fraction of sp³-hybridized carbons (Fsp3) is 0.806. The Kier molecular flexibility index (Phi) is 5.77. The largest absolute Gasteiger partial charge is 0.381 e. The highest BCUT2D eigenvalue weighted by Crippen LogP contribution is 2.73.